The van der Waals surface area contributed by atoms with E-state index in [1.54, 1.807) is 12.0 Å². The average molecular weight is 216 g/mol. The molecule has 0 aromatic carbocycles. The van der Waals surface area contributed by atoms with Crippen LogP contribution in [0, 0.1) is 0 Å². The van der Waals surface area contributed by atoms with Gasteiger partial charge in [0.05, 0.1) is 6.61 Å². The molecule has 0 bridgehead atoms. The normalized spacial score (nSPS) is 11.9. The summed E-state index contributed by atoms with van der Waals surface area (Å²) in [5.41, 5.74) is 5.38. The lowest BCUT2D eigenvalue weighted by atomic mass is 10.0. The molecule has 2 N–H and O–H groups in total. The number of rotatable bonds is 6. The van der Waals surface area contributed by atoms with E-state index in [9.17, 15) is 4.79 Å². The van der Waals surface area contributed by atoms with Gasteiger partial charge in [-0.15, -0.1) is 0 Å². The van der Waals surface area contributed by atoms with Gasteiger partial charge >= 0.3 is 0 Å². The molecule has 1 amide bonds. The molecule has 0 atom stereocenters. The molecule has 15 heavy (non-hydrogen) atoms. The molecule has 0 heterocycles. The molecule has 0 fully saturated rings. The molecule has 0 unspecified atom stereocenters. The van der Waals surface area contributed by atoms with Crippen LogP contribution < -0.4 is 5.73 Å². The van der Waals surface area contributed by atoms with Crippen LogP contribution in [0.3, 0.4) is 0 Å². The van der Waals surface area contributed by atoms with Crippen LogP contribution in [0.5, 0.6) is 0 Å². The lowest BCUT2D eigenvalue weighted by Gasteiger charge is -2.29. The lowest BCUT2D eigenvalue weighted by Crippen LogP contribution is -2.45. The highest BCUT2D eigenvalue weighted by atomic mass is 16.5. The van der Waals surface area contributed by atoms with E-state index in [1.165, 1.54) is 0 Å². The first-order chi connectivity index (χ1) is 6.78. The van der Waals surface area contributed by atoms with E-state index in [2.05, 4.69) is 0 Å². The first-order valence-electron chi connectivity index (χ1n) is 5.35. The summed E-state index contributed by atoms with van der Waals surface area (Å²) in [5, 5.41) is 0. The summed E-state index contributed by atoms with van der Waals surface area (Å²) >= 11 is 0. The van der Waals surface area contributed by atoms with Crippen molar-refractivity contribution in [2.45, 2.75) is 45.7 Å². The Morgan fingerprint density at radius 2 is 2.00 bits per heavy atom. The van der Waals surface area contributed by atoms with Gasteiger partial charge in [0.15, 0.2) is 0 Å². The Bertz CT molecular complexity index is 197. The molecule has 4 heteroatoms. The Hall–Kier alpha value is -0.610. The van der Waals surface area contributed by atoms with Gasteiger partial charge in [0.2, 0.25) is 5.91 Å². The van der Waals surface area contributed by atoms with Crippen molar-refractivity contribution in [2.24, 2.45) is 5.73 Å². The Labute approximate surface area is 92.8 Å². The van der Waals surface area contributed by atoms with Crippen molar-refractivity contribution in [1.29, 1.82) is 0 Å². The standard InChI is InChI=1S/C11H24N2O2/c1-9(2)13(6-7-15-5)10(14)8-11(3,4)12/h9H,6-8,12H2,1-5H3. The minimum Gasteiger partial charge on any atom is -0.383 e. The molecular weight excluding hydrogens is 192 g/mol. The van der Waals surface area contributed by atoms with Crippen LogP contribution in [0.15, 0.2) is 0 Å². The van der Waals surface area contributed by atoms with Gasteiger partial charge in [-0.1, -0.05) is 0 Å². The maximum atomic E-state index is 11.9. The molecule has 90 valence electrons. The number of ether oxygens (including phenoxy) is 1. The molecule has 4 nitrogen and oxygen atoms in total. The summed E-state index contributed by atoms with van der Waals surface area (Å²) < 4.78 is 4.98. The van der Waals surface area contributed by atoms with Gasteiger partial charge in [-0.05, 0) is 27.7 Å². The van der Waals surface area contributed by atoms with E-state index in [0.29, 0.717) is 19.6 Å². The van der Waals surface area contributed by atoms with Crippen LogP contribution in [0.2, 0.25) is 0 Å². The largest absolute Gasteiger partial charge is 0.383 e. The Kier molecular flexibility index (Phi) is 5.83. The highest BCUT2D eigenvalue weighted by molar-refractivity contribution is 5.77. The summed E-state index contributed by atoms with van der Waals surface area (Å²) in [6.07, 6.45) is 0.370. The molecule has 0 saturated heterocycles. The van der Waals surface area contributed by atoms with E-state index in [1.807, 2.05) is 27.7 Å². The van der Waals surface area contributed by atoms with Crippen LogP contribution in [0.25, 0.3) is 0 Å². The third-order valence-corrected chi connectivity index (χ3v) is 2.09. The SMILES string of the molecule is COCCN(C(=O)CC(C)(C)N)C(C)C. The Morgan fingerprint density at radius 1 is 1.47 bits per heavy atom. The highest BCUT2D eigenvalue weighted by Gasteiger charge is 2.22. The summed E-state index contributed by atoms with van der Waals surface area (Å²) in [4.78, 5) is 13.7. The summed E-state index contributed by atoms with van der Waals surface area (Å²) in [6, 6.07) is 0.190. The number of hydrogen-bond donors (Lipinski definition) is 1. The number of nitrogens with two attached hydrogens (primary N) is 1. The van der Waals surface area contributed by atoms with Crippen molar-refractivity contribution in [3.05, 3.63) is 0 Å². The minimum absolute atomic E-state index is 0.0922. The second-order valence-electron chi connectivity index (χ2n) is 4.84. The zero-order valence-corrected chi connectivity index (χ0v) is 10.5. The first kappa shape index (κ1) is 14.4. The minimum atomic E-state index is -0.447. The number of carbonyl (C=O) groups excluding carboxylic acids is 1. The lowest BCUT2D eigenvalue weighted by molar-refractivity contribution is -0.134. The van der Waals surface area contributed by atoms with E-state index < -0.39 is 5.54 Å². The molecule has 0 aromatic heterocycles. The second kappa shape index (κ2) is 6.08. The maximum Gasteiger partial charge on any atom is 0.224 e. The third kappa shape index (κ3) is 6.47. The van der Waals surface area contributed by atoms with Gasteiger partial charge in [-0.25, -0.2) is 0 Å². The predicted octanol–water partition coefficient (Wildman–Crippen LogP) is 0.997. The average Bonchev–Trinajstić information content (AvgIpc) is 2.00. The highest BCUT2D eigenvalue weighted by Crippen LogP contribution is 2.09. The van der Waals surface area contributed by atoms with Crippen LogP contribution in [-0.4, -0.2) is 42.6 Å². The summed E-state index contributed by atoms with van der Waals surface area (Å²) in [5.74, 6) is 0.0922. The molecule has 0 aliphatic heterocycles. The van der Waals surface area contributed by atoms with Gasteiger partial charge in [-0.3, -0.25) is 4.79 Å². The van der Waals surface area contributed by atoms with Gasteiger partial charge in [0.25, 0.3) is 0 Å². The molecule has 0 radical (unpaired) electrons. The fraction of sp³-hybridized carbons (Fsp3) is 0.909. The molecule has 0 aromatic rings. The second-order valence-corrected chi connectivity index (χ2v) is 4.84. The Balaban J connectivity index is 4.29. The number of nitrogens with zero attached hydrogens (tertiary/aromatic N) is 1. The topological polar surface area (TPSA) is 55.6 Å². The number of carbonyl (C=O) groups is 1. The fourth-order valence-corrected chi connectivity index (χ4v) is 1.35. The number of amides is 1. The van der Waals surface area contributed by atoms with Gasteiger partial charge < -0.3 is 15.4 Å². The maximum absolute atomic E-state index is 11.9. The quantitative estimate of drug-likeness (QED) is 0.720. The Morgan fingerprint density at radius 3 is 2.33 bits per heavy atom. The predicted molar refractivity (Wildman–Crippen MR) is 61.6 cm³/mol. The van der Waals surface area contributed by atoms with Gasteiger partial charge in [0.1, 0.15) is 0 Å². The van der Waals surface area contributed by atoms with Gasteiger partial charge in [0, 0.05) is 31.7 Å². The zero-order chi connectivity index (χ0) is 12.1. The van der Waals surface area contributed by atoms with Crippen molar-refractivity contribution in [3.63, 3.8) is 0 Å². The van der Waals surface area contributed by atoms with Crippen LogP contribution >= 0.6 is 0 Å². The van der Waals surface area contributed by atoms with Crippen LogP contribution in [0.1, 0.15) is 34.1 Å². The molecule has 0 saturated carbocycles. The van der Waals surface area contributed by atoms with E-state index in [4.69, 9.17) is 10.5 Å². The van der Waals surface area contributed by atoms with Crippen LogP contribution in [-0.2, 0) is 9.53 Å². The van der Waals surface area contributed by atoms with Crippen molar-refractivity contribution < 1.29 is 9.53 Å². The van der Waals surface area contributed by atoms with Crippen molar-refractivity contribution in [3.8, 4) is 0 Å². The summed E-state index contributed by atoms with van der Waals surface area (Å²) in [7, 11) is 1.63. The molecule has 0 spiro atoms. The van der Waals surface area contributed by atoms with E-state index >= 15 is 0 Å². The first-order valence-corrected chi connectivity index (χ1v) is 5.35. The number of methoxy groups -OCH3 is 1. The van der Waals surface area contributed by atoms with Crippen molar-refractivity contribution in [1.82, 2.24) is 4.90 Å². The molecule has 0 aliphatic carbocycles. The van der Waals surface area contributed by atoms with Gasteiger partial charge in [-0.2, -0.15) is 0 Å². The van der Waals surface area contributed by atoms with E-state index in [0.717, 1.165) is 0 Å². The molecule has 0 aliphatic rings. The molecular formula is C11H24N2O2. The molecule has 0 rings (SSSR count). The smallest absolute Gasteiger partial charge is 0.224 e. The van der Waals surface area contributed by atoms with Crippen LogP contribution in [0.4, 0.5) is 0 Å². The monoisotopic (exact) mass is 216 g/mol. The van der Waals surface area contributed by atoms with Crippen molar-refractivity contribution in [2.75, 3.05) is 20.3 Å². The van der Waals surface area contributed by atoms with Crippen molar-refractivity contribution >= 4 is 5.91 Å². The zero-order valence-electron chi connectivity index (χ0n) is 10.5. The summed E-state index contributed by atoms with van der Waals surface area (Å²) in [6.45, 7) is 8.91. The third-order valence-electron chi connectivity index (χ3n) is 2.09. The van der Waals surface area contributed by atoms with E-state index in [-0.39, 0.29) is 11.9 Å². The number of hydrogen-bond acceptors (Lipinski definition) is 3. The fourth-order valence-electron chi connectivity index (χ4n) is 1.35.